The molecule has 1 aromatic heterocycles. The van der Waals surface area contributed by atoms with Crippen molar-refractivity contribution in [1.29, 1.82) is 0 Å². The first-order valence-electron chi connectivity index (χ1n) is 9.64. The molecule has 6 nitrogen and oxygen atoms in total. The number of nitrogens with one attached hydrogen (secondary N) is 1. The molecule has 0 aliphatic carbocycles. The van der Waals surface area contributed by atoms with Crippen molar-refractivity contribution in [2.75, 3.05) is 22.9 Å². The van der Waals surface area contributed by atoms with Crippen LogP contribution in [0.2, 0.25) is 0 Å². The number of sulfonamides is 1. The molecule has 1 N–H and O–H groups in total. The van der Waals surface area contributed by atoms with Crippen molar-refractivity contribution in [2.24, 2.45) is 0 Å². The first-order valence-corrected chi connectivity index (χ1v) is 12.4. The van der Waals surface area contributed by atoms with Crippen LogP contribution in [0.1, 0.15) is 24.5 Å². The Morgan fingerprint density at radius 1 is 1.07 bits per heavy atom. The number of hydrogen-bond acceptors (Lipinski definition) is 5. The molecule has 0 aliphatic rings. The summed E-state index contributed by atoms with van der Waals surface area (Å²) < 4.78 is 24.5. The summed E-state index contributed by atoms with van der Waals surface area (Å²) in [6, 6.07) is 15.4. The fourth-order valence-electron chi connectivity index (χ4n) is 2.88. The zero-order valence-corrected chi connectivity index (χ0v) is 18.9. The molecule has 0 radical (unpaired) electrons. The van der Waals surface area contributed by atoms with Crippen LogP contribution in [0.25, 0.3) is 11.3 Å². The zero-order chi connectivity index (χ0) is 21.7. The molecule has 0 atom stereocenters. The number of anilines is 2. The number of carbonyl (C=O) groups is 1. The molecule has 0 fully saturated rings. The van der Waals surface area contributed by atoms with Crippen LogP contribution in [-0.4, -0.2) is 32.6 Å². The van der Waals surface area contributed by atoms with Crippen molar-refractivity contribution in [3.8, 4) is 11.3 Å². The minimum atomic E-state index is -3.30. The summed E-state index contributed by atoms with van der Waals surface area (Å²) in [5.74, 6) is -0.0689. The van der Waals surface area contributed by atoms with E-state index in [9.17, 15) is 13.2 Å². The number of aryl methyl sites for hydroxylation is 2. The standard InChI is InChI=1S/C22H25N3O3S2/c1-4-16-5-7-17(8-6-16)9-14-21(26)24-22-23-20(15-29-22)18-10-12-19(13-11-18)25(2)30(3,27)28/h5-8,10-13,15H,4,9,14H2,1-3H3,(H,23,24,26). The van der Waals surface area contributed by atoms with E-state index in [1.807, 2.05) is 17.5 Å². The van der Waals surface area contributed by atoms with Gasteiger partial charge >= 0.3 is 0 Å². The van der Waals surface area contributed by atoms with Crippen LogP contribution in [0.3, 0.4) is 0 Å². The van der Waals surface area contributed by atoms with Gasteiger partial charge < -0.3 is 5.32 Å². The van der Waals surface area contributed by atoms with Gasteiger partial charge in [-0.1, -0.05) is 43.3 Å². The van der Waals surface area contributed by atoms with Crippen molar-refractivity contribution < 1.29 is 13.2 Å². The van der Waals surface area contributed by atoms with Crippen LogP contribution in [0, 0.1) is 0 Å². The summed E-state index contributed by atoms with van der Waals surface area (Å²) in [7, 11) is -1.79. The van der Waals surface area contributed by atoms with Crippen LogP contribution >= 0.6 is 11.3 Å². The third kappa shape index (κ3) is 5.67. The highest BCUT2D eigenvalue weighted by atomic mass is 32.2. The Bertz CT molecular complexity index is 1110. The van der Waals surface area contributed by atoms with Crippen molar-refractivity contribution in [3.63, 3.8) is 0 Å². The molecule has 1 amide bonds. The molecule has 0 saturated carbocycles. The van der Waals surface area contributed by atoms with Gasteiger partial charge in [-0.15, -0.1) is 11.3 Å². The van der Waals surface area contributed by atoms with E-state index in [1.165, 1.54) is 28.3 Å². The lowest BCUT2D eigenvalue weighted by Crippen LogP contribution is -2.24. The van der Waals surface area contributed by atoms with Gasteiger partial charge in [-0.3, -0.25) is 9.10 Å². The van der Waals surface area contributed by atoms with Crippen molar-refractivity contribution in [3.05, 3.63) is 65.0 Å². The molecule has 8 heteroatoms. The lowest BCUT2D eigenvalue weighted by Gasteiger charge is -2.16. The molecule has 1 heterocycles. The first kappa shape index (κ1) is 22.0. The zero-order valence-electron chi connectivity index (χ0n) is 17.3. The van der Waals surface area contributed by atoms with E-state index in [0.717, 1.165) is 29.5 Å². The molecule has 0 aliphatic heterocycles. The maximum atomic E-state index is 12.3. The van der Waals surface area contributed by atoms with Gasteiger partial charge in [0.2, 0.25) is 15.9 Å². The minimum Gasteiger partial charge on any atom is -0.302 e. The molecule has 158 valence electrons. The molecule has 3 rings (SSSR count). The van der Waals surface area contributed by atoms with Gasteiger partial charge in [-0.05, 0) is 36.1 Å². The molecule has 0 unspecified atom stereocenters. The molecular weight excluding hydrogens is 418 g/mol. The summed E-state index contributed by atoms with van der Waals surface area (Å²) in [5.41, 5.74) is 4.60. The van der Waals surface area contributed by atoms with Crippen LogP contribution < -0.4 is 9.62 Å². The molecule has 2 aromatic carbocycles. The molecule has 30 heavy (non-hydrogen) atoms. The third-order valence-corrected chi connectivity index (χ3v) is 6.81. The second-order valence-electron chi connectivity index (χ2n) is 7.03. The van der Waals surface area contributed by atoms with Gasteiger partial charge in [0.15, 0.2) is 5.13 Å². The number of aromatic nitrogens is 1. The van der Waals surface area contributed by atoms with Gasteiger partial charge in [0.25, 0.3) is 0 Å². The predicted octanol–water partition coefficient (Wildman–Crippen LogP) is 4.34. The number of carbonyl (C=O) groups excluding carboxylic acids is 1. The molecular formula is C22H25N3O3S2. The summed E-state index contributed by atoms with van der Waals surface area (Å²) in [4.78, 5) is 16.7. The smallest absolute Gasteiger partial charge is 0.231 e. The Kier molecular flexibility index (Phi) is 6.89. The monoisotopic (exact) mass is 443 g/mol. The predicted molar refractivity (Wildman–Crippen MR) is 124 cm³/mol. The summed E-state index contributed by atoms with van der Waals surface area (Å²) in [6.45, 7) is 2.12. The topological polar surface area (TPSA) is 79.4 Å². The van der Waals surface area contributed by atoms with E-state index in [0.29, 0.717) is 23.7 Å². The minimum absolute atomic E-state index is 0.0689. The van der Waals surface area contributed by atoms with Crippen LogP contribution in [0.4, 0.5) is 10.8 Å². The molecule has 0 bridgehead atoms. The van der Waals surface area contributed by atoms with Crippen molar-refractivity contribution in [1.82, 2.24) is 4.98 Å². The number of thiazole rings is 1. The normalized spacial score (nSPS) is 11.3. The summed E-state index contributed by atoms with van der Waals surface area (Å²) in [5, 5.41) is 5.27. The van der Waals surface area contributed by atoms with Gasteiger partial charge in [0.1, 0.15) is 0 Å². The Morgan fingerprint density at radius 3 is 2.30 bits per heavy atom. The SMILES string of the molecule is CCc1ccc(CCC(=O)Nc2nc(-c3ccc(N(C)S(C)(=O)=O)cc3)cs2)cc1. The highest BCUT2D eigenvalue weighted by Gasteiger charge is 2.13. The maximum Gasteiger partial charge on any atom is 0.231 e. The van der Waals surface area contributed by atoms with Gasteiger partial charge in [-0.25, -0.2) is 13.4 Å². The van der Waals surface area contributed by atoms with E-state index in [-0.39, 0.29) is 5.91 Å². The van der Waals surface area contributed by atoms with E-state index in [1.54, 1.807) is 12.1 Å². The van der Waals surface area contributed by atoms with Crippen molar-refractivity contribution in [2.45, 2.75) is 26.2 Å². The molecule has 0 spiro atoms. The van der Waals surface area contributed by atoms with Crippen LogP contribution in [-0.2, 0) is 27.7 Å². The average Bonchev–Trinajstić information content (AvgIpc) is 3.20. The lowest BCUT2D eigenvalue weighted by atomic mass is 10.1. The van der Waals surface area contributed by atoms with Gasteiger partial charge in [0, 0.05) is 24.4 Å². The van der Waals surface area contributed by atoms with E-state index >= 15 is 0 Å². The maximum absolute atomic E-state index is 12.3. The lowest BCUT2D eigenvalue weighted by molar-refractivity contribution is -0.116. The van der Waals surface area contributed by atoms with E-state index in [4.69, 9.17) is 0 Å². The summed E-state index contributed by atoms with van der Waals surface area (Å²) in [6.07, 6.45) is 3.25. The molecule has 3 aromatic rings. The fourth-order valence-corrected chi connectivity index (χ4v) is 4.12. The Balaban J connectivity index is 1.58. The number of rotatable bonds is 8. The highest BCUT2D eigenvalue weighted by Crippen LogP contribution is 2.27. The average molecular weight is 444 g/mol. The summed E-state index contributed by atoms with van der Waals surface area (Å²) >= 11 is 1.36. The first-order chi connectivity index (χ1) is 14.3. The Hall–Kier alpha value is -2.71. The van der Waals surface area contributed by atoms with Gasteiger partial charge in [0.05, 0.1) is 17.6 Å². The van der Waals surface area contributed by atoms with Crippen LogP contribution in [0.15, 0.2) is 53.9 Å². The number of hydrogen-bond donors (Lipinski definition) is 1. The number of nitrogens with zero attached hydrogens (tertiary/aromatic N) is 2. The molecule has 0 saturated heterocycles. The fraction of sp³-hybridized carbons (Fsp3) is 0.273. The second-order valence-corrected chi connectivity index (χ2v) is 9.91. The Labute approximate surface area is 181 Å². The largest absolute Gasteiger partial charge is 0.302 e. The van der Waals surface area contributed by atoms with E-state index < -0.39 is 10.0 Å². The third-order valence-electron chi connectivity index (χ3n) is 4.85. The Morgan fingerprint density at radius 2 is 1.70 bits per heavy atom. The number of benzene rings is 2. The van der Waals surface area contributed by atoms with E-state index in [2.05, 4.69) is 41.5 Å². The second kappa shape index (κ2) is 9.40. The quantitative estimate of drug-likeness (QED) is 0.562. The van der Waals surface area contributed by atoms with Gasteiger partial charge in [-0.2, -0.15) is 0 Å². The highest BCUT2D eigenvalue weighted by molar-refractivity contribution is 7.92. The van der Waals surface area contributed by atoms with Crippen LogP contribution in [0.5, 0.6) is 0 Å². The van der Waals surface area contributed by atoms with Crippen molar-refractivity contribution >= 4 is 38.1 Å². The number of amides is 1.